The van der Waals surface area contributed by atoms with Gasteiger partial charge in [0.15, 0.2) is 0 Å². The molecule has 1 amide bonds. The average Bonchev–Trinajstić information content (AvgIpc) is 2.52. The highest BCUT2D eigenvalue weighted by atomic mass is 35.5. The van der Waals surface area contributed by atoms with Crippen LogP contribution >= 0.6 is 11.6 Å². The minimum atomic E-state index is -0.265. The van der Waals surface area contributed by atoms with Crippen molar-refractivity contribution < 1.29 is 9.53 Å². The molecule has 7 heteroatoms. The Hall–Kier alpha value is -2.31. The molecule has 6 nitrogen and oxygen atoms in total. The Bertz CT molecular complexity index is 649. The summed E-state index contributed by atoms with van der Waals surface area (Å²) in [5.74, 6) is 6.07. The highest BCUT2D eigenvalue weighted by molar-refractivity contribution is 6.29. The normalized spacial score (nSPS) is 10.0. The predicted molar refractivity (Wildman–Crippen MR) is 81.2 cm³/mol. The van der Waals surface area contributed by atoms with E-state index in [1.54, 1.807) is 7.11 Å². The fraction of sp³-hybridized carbons (Fsp3) is 0.143. The number of amides is 1. The molecular formula is C14H15ClN4O2. The summed E-state index contributed by atoms with van der Waals surface area (Å²) in [5.41, 5.74) is 3.67. The van der Waals surface area contributed by atoms with Crippen LogP contribution in [0.3, 0.4) is 0 Å². The number of carbonyl (C=O) groups is 1. The van der Waals surface area contributed by atoms with Crippen molar-refractivity contribution in [3.05, 3.63) is 52.7 Å². The summed E-state index contributed by atoms with van der Waals surface area (Å²) >= 11 is 5.83. The molecule has 0 fully saturated rings. The highest BCUT2D eigenvalue weighted by Crippen LogP contribution is 2.15. The lowest BCUT2D eigenvalue weighted by Gasteiger charge is -2.08. The SMILES string of the molecule is COc1cccc(CNC(=O)c2cc(Cl)nc(NN)c2)c1. The average molecular weight is 307 g/mol. The molecule has 1 aromatic heterocycles. The van der Waals surface area contributed by atoms with E-state index in [0.717, 1.165) is 11.3 Å². The Morgan fingerprint density at radius 3 is 2.90 bits per heavy atom. The Labute approximate surface area is 127 Å². The summed E-state index contributed by atoms with van der Waals surface area (Å²) in [4.78, 5) is 16.0. The van der Waals surface area contributed by atoms with Crippen LogP contribution in [0.15, 0.2) is 36.4 Å². The van der Waals surface area contributed by atoms with Crippen molar-refractivity contribution >= 4 is 23.3 Å². The molecule has 4 N–H and O–H groups in total. The lowest BCUT2D eigenvalue weighted by atomic mass is 10.2. The number of nitrogens with two attached hydrogens (primary N) is 1. The van der Waals surface area contributed by atoms with Crippen molar-refractivity contribution in [2.75, 3.05) is 12.5 Å². The number of nitrogens with zero attached hydrogens (tertiary/aromatic N) is 1. The maximum Gasteiger partial charge on any atom is 0.251 e. The molecule has 0 aliphatic rings. The summed E-state index contributed by atoms with van der Waals surface area (Å²) in [6.45, 7) is 0.376. The summed E-state index contributed by atoms with van der Waals surface area (Å²) in [5, 5.41) is 2.99. The molecule has 0 bridgehead atoms. The van der Waals surface area contributed by atoms with Crippen molar-refractivity contribution in [1.29, 1.82) is 0 Å². The first kappa shape index (κ1) is 15.1. The van der Waals surface area contributed by atoms with Crippen LogP contribution in [0.25, 0.3) is 0 Å². The zero-order valence-electron chi connectivity index (χ0n) is 11.4. The van der Waals surface area contributed by atoms with E-state index < -0.39 is 0 Å². The van der Waals surface area contributed by atoms with Gasteiger partial charge in [-0.05, 0) is 29.8 Å². The number of nitrogens with one attached hydrogen (secondary N) is 2. The van der Waals surface area contributed by atoms with E-state index in [0.29, 0.717) is 17.9 Å². The van der Waals surface area contributed by atoms with Gasteiger partial charge < -0.3 is 15.5 Å². The third-order valence-corrected chi connectivity index (χ3v) is 2.99. The van der Waals surface area contributed by atoms with Crippen LogP contribution in [0.4, 0.5) is 5.82 Å². The van der Waals surface area contributed by atoms with Gasteiger partial charge in [0.25, 0.3) is 5.91 Å². The van der Waals surface area contributed by atoms with E-state index in [4.69, 9.17) is 22.2 Å². The number of hydrogen-bond acceptors (Lipinski definition) is 5. The molecule has 0 radical (unpaired) electrons. The molecule has 0 aliphatic heterocycles. The molecule has 0 spiro atoms. The molecule has 0 atom stereocenters. The van der Waals surface area contributed by atoms with Crippen molar-refractivity contribution in [3.63, 3.8) is 0 Å². The number of carbonyl (C=O) groups excluding carboxylic acids is 1. The smallest absolute Gasteiger partial charge is 0.251 e. The van der Waals surface area contributed by atoms with Gasteiger partial charge >= 0.3 is 0 Å². The van der Waals surface area contributed by atoms with Crippen LogP contribution in [0, 0.1) is 0 Å². The first-order valence-electron chi connectivity index (χ1n) is 6.17. The maximum absolute atomic E-state index is 12.1. The van der Waals surface area contributed by atoms with Gasteiger partial charge in [-0.15, -0.1) is 0 Å². The zero-order chi connectivity index (χ0) is 15.2. The molecule has 0 unspecified atom stereocenters. The number of rotatable bonds is 5. The number of pyridine rings is 1. The Balaban J connectivity index is 2.06. The van der Waals surface area contributed by atoms with Gasteiger partial charge in [0.1, 0.15) is 16.7 Å². The molecule has 2 aromatic rings. The minimum Gasteiger partial charge on any atom is -0.497 e. The van der Waals surface area contributed by atoms with Crippen molar-refractivity contribution in [2.24, 2.45) is 5.84 Å². The van der Waals surface area contributed by atoms with E-state index in [1.165, 1.54) is 12.1 Å². The molecule has 110 valence electrons. The summed E-state index contributed by atoms with van der Waals surface area (Å²) in [6, 6.07) is 10.4. The predicted octanol–water partition coefficient (Wildman–Crippen LogP) is 1.96. The lowest BCUT2D eigenvalue weighted by Crippen LogP contribution is -2.23. The van der Waals surface area contributed by atoms with E-state index in [2.05, 4.69) is 15.7 Å². The van der Waals surface area contributed by atoms with E-state index in [9.17, 15) is 4.79 Å². The van der Waals surface area contributed by atoms with E-state index in [1.807, 2.05) is 24.3 Å². The van der Waals surface area contributed by atoms with Crippen LogP contribution in [-0.4, -0.2) is 18.0 Å². The molecule has 1 heterocycles. The van der Waals surface area contributed by atoms with Crippen LogP contribution in [0.1, 0.15) is 15.9 Å². The number of nitrogen functional groups attached to an aromatic ring is 1. The number of aromatic nitrogens is 1. The van der Waals surface area contributed by atoms with E-state index >= 15 is 0 Å². The molecule has 0 saturated carbocycles. The lowest BCUT2D eigenvalue weighted by molar-refractivity contribution is 0.0951. The Kier molecular flexibility index (Phi) is 4.97. The monoisotopic (exact) mass is 306 g/mol. The topological polar surface area (TPSA) is 89.3 Å². The fourth-order valence-corrected chi connectivity index (χ4v) is 1.98. The van der Waals surface area contributed by atoms with Crippen LogP contribution in [-0.2, 0) is 6.54 Å². The quantitative estimate of drug-likeness (QED) is 0.446. The van der Waals surface area contributed by atoms with Crippen LogP contribution in [0.5, 0.6) is 5.75 Å². The fourth-order valence-electron chi connectivity index (χ4n) is 1.77. The third-order valence-electron chi connectivity index (χ3n) is 2.79. The first-order valence-corrected chi connectivity index (χ1v) is 6.55. The summed E-state index contributed by atoms with van der Waals surface area (Å²) < 4.78 is 5.13. The van der Waals surface area contributed by atoms with Gasteiger partial charge in [-0.1, -0.05) is 23.7 Å². The second kappa shape index (κ2) is 6.92. The van der Waals surface area contributed by atoms with Gasteiger partial charge in [0.2, 0.25) is 0 Å². The number of methoxy groups -OCH3 is 1. The third kappa shape index (κ3) is 4.08. The molecule has 1 aromatic carbocycles. The molecule has 0 aliphatic carbocycles. The summed E-state index contributed by atoms with van der Waals surface area (Å²) in [7, 11) is 1.60. The number of ether oxygens (including phenoxy) is 1. The highest BCUT2D eigenvalue weighted by Gasteiger charge is 2.09. The summed E-state index contributed by atoms with van der Waals surface area (Å²) in [6.07, 6.45) is 0. The first-order chi connectivity index (χ1) is 10.1. The second-order valence-electron chi connectivity index (χ2n) is 4.24. The molecule has 2 rings (SSSR count). The van der Waals surface area contributed by atoms with Gasteiger partial charge in [0.05, 0.1) is 7.11 Å². The molecular weight excluding hydrogens is 292 g/mol. The number of hydrazine groups is 1. The Morgan fingerprint density at radius 1 is 1.38 bits per heavy atom. The number of halogens is 1. The number of benzene rings is 1. The van der Waals surface area contributed by atoms with Crippen LogP contribution in [0.2, 0.25) is 5.15 Å². The van der Waals surface area contributed by atoms with E-state index in [-0.39, 0.29) is 11.1 Å². The van der Waals surface area contributed by atoms with Gasteiger partial charge in [-0.2, -0.15) is 0 Å². The van der Waals surface area contributed by atoms with Crippen molar-refractivity contribution in [1.82, 2.24) is 10.3 Å². The van der Waals surface area contributed by atoms with Crippen molar-refractivity contribution in [3.8, 4) is 5.75 Å². The molecule has 21 heavy (non-hydrogen) atoms. The van der Waals surface area contributed by atoms with Gasteiger partial charge in [-0.3, -0.25) is 4.79 Å². The van der Waals surface area contributed by atoms with Gasteiger partial charge in [0, 0.05) is 12.1 Å². The van der Waals surface area contributed by atoms with Crippen LogP contribution < -0.4 is 21.3 Å². The minimum absolute atomic E-state index is 0.192. The number of anilines is 1. The number of hydrogen-bond donors (Lipinski definition) is 3. The Morgan fingerprint density at radius 2 is 2.19 bits per heavy atom. The molecule has 0 saturated heterocycles. The zero-order valence-corrected chi connectivity index (χ0v) is 12.1. The largest absolute Gasteiger partial charge is 0.497 e. The standard InChI is InChI=1S/C14H15ClN4O2/c1-21-11-4-2-3-9(5-11)8-17-14(20)10-6-12(15)18-13(7-10)19-16/h2-7H,8,16H2,1H3,(H,17,20)(H,18,19). The van der Waals surface area contributed by atoms with Gasteiger partial charge in [-0.25, -0.2) is 10.8 Å². The maximum atomic E-state index is 12.1. The second-order valence-corrected chi connectivity index (χ2v) is 4.63. The van der Waals surface area contributed by atoms with Crippen molar-refractivity contribution in [2.45, 2.75) is 6.54 Å².